The number of benzene rings is 2. The molecule has 3 rings (SSSR count). The molecule has 2 aromatic carbocycles. The zero-order valence-corrected chi connectivity index (χ0v) is 16.2. The van der Waals surface area contributed by atoms with Crippen LogP contribution in [-0.4, -0.2) is 11.6 Å². The van der Waals surface area contributed by atoms with Crippen molar-refractivity contribution in [3.8, 4) is 10.4 Å². The molecule has 126 valence electrons. The summed E-state index contributed by atoms with van der Waals surface area (Å²) in [6, 6.07) is 19.7. The van der Waals surface area contributed by atoms with E-state index in [9.17, 15) is 9.59 Å². The Hall–Kier alpha value is -2.04. The average molecular weight is 413 g/mol. The van der Waals surface area contributed by atoms with Crippen molar-refractivity contribution in [1.29, 1.82) is 0 Å². The fourth-order valence-electron chi connectivity index (χ4n) is 2.71. The van der Waals surface area contributed by atoms with Crippen molar-refractivity contribution in [3.63, 3.8) is 0 Å². The summed E-state index contributed by atoms with van der Waals surface area (Å²) in [6.45, 7) is 1.56. The molecule has 1 aromatic heterocycles. The summed E-state index contributed by atoms with van der Waals surface area (Å²) >= 11 is 4.86. The first-order chi connectivity index (χ1) is 12.0. The lowest BCUT2D eigenvalue weighted by atomic mass is 10.0. The Bertz CT molecular complexity index is 895. The van der Waals surface area contributed by atoms with E-state index in [1.165, 1.54) is 11.3 Å². The highest BCUT2D eigenvalue weighted by molar-refractivity contribution is 9.10. The number of carbonyl (C=O) groups excluding carboxylic acids is 2. The predicted octanol–water partition coefficient (Wildman–Crippen LogP) is 5.73. The first-order valence-electron chi connectivity index (χ1n) is 7.98. The van der Waals surface area contributed by atoms with Gasteiger partial charge >= 0.3 is 0 Å². The number of halogens is 1. The van der Waals surface area contributed by atoms with Gasteiger partial charge in [0.25, 0.3) is 0 Å². The molecular formula is C21H17BrO2S. The summed E-state index contributed by atoms with van der Waals surface area (Å²) < 4.78 is 0.993. The van der Waals surface area contributed by atoms with Gasteiger partial charge in [0.05, 0.1) is 4.88 Å². The molecule has 1 heterocycles. The molecule has 0 aliphatic heterocycles. The molecule has 0 unspecified atom stereocenters. The van der Waals surface area contributed by atoms with Crippen molar-refractivity contribution in [2.75, 3.05) is 0 Å². The molecule has 0 saturated heterocycles. The van der Waals surface area contributed by atoms with E-state index in [1.807, 2.05) is 60.7 Å². The lowest BCUT2D eigenvalue weighted by Gasteiger charge is -2.02. The molecule has 4 heteroatoms. The Morgan fingerprint density at radius 3 is 2.28 bits per heavy atom. The highest BCUT2D eigenvalue weighted by Gasteiger charge is 2.17. The lowest BCUT2D eigenvalue weighted by molar-refractivity contribution is -0.117. The van der Waals surface area contributed by atoms with Crippen LogP contribution in [0.3, 0.4) is 0 Å². The van der Waals surface area contributed by atoms with Gasteiger partial charge in [0, 0.05) is 22.2 Å². The van der Waals surface area contributed by atoms with Crippen molar-refractivity contribution >= 4 is 38.8 Å². The normalized spacial score (nSPS) is 10.6. The molecule has 0 saturated carbocycles. The molecular weight excluding hydrogens is 396 g/mol. The van der Waals surface area contributed by atoms with Crippen LogP contribution in [0, 0.1) is 0 Å². The minimum Gasteiger partial charge on any atom is -0.299 e. The molecule has 25 heavy (non-hydrogen) atoms. The van der Waals surface area contributed by atoms with Crippen molar-refractivity contribution in [2.45, 2.75) is 19.8 Å². The number of ketones is 2. The maximum absolute atomic E-state index is 12.5. The smallest absolute Gasteiger partial charge is 0.170 e. The third kappa shape index (κ3) is 4.53. The standard InChI is InChI=1S/C21H17BrO2S/c1-14(23)21-17(13-20(25-21)16-5-3-2-4-6-16)12-19(24)11-15-7-9-18(22)10-8-15/h2-10,13H,11-12H2,1H3. The van der Waals surface area contributed by atoms with Crippen molar-refractivity contribution < 1.29 is 9.59 Å². The number of Topliss-reactive ketones (excluding diaryl/α,β-unsaturated/α-hetero) is 2. The topological polar surface area (TPSA) is 34.1 Å². The van der Waals surface area contributed by atoms with Gasteiger partial charge in [-0.3, -0.25) is 9.59 Å². The molecule has 0 amide bonds. The van der Waals surface area contributed by atoms with Crippen LogP contribution in [0.25, 0.3) is 10.4 Å². The largest absolute Gasteiger partial charge is 0.299 e. The molecule has 0 aliphatic rings. The van der Waals surface area contributed by atoms with E-state index < -0.39 is 0 Å². The molecule has 0 spiro atoms. The summed E-state index contributed by atoms with van der Waals surface area (Å²) in [7, 11) is 0. The predicted molar refractivity (Wildman–Crippen MR) is 106 cm³/mol. The highest BCUT2D eigenvalue weighted by Crippen LogP contribution is 2.32. The van der Waals surface area contributed by atoms with Gasteiger partial charge in [-0.05, 0) is 41.8 Å². The summed E-state index contributed by atoms with van der Waals surface area (Å²) in [5.74, 6) is 0.126. The van der Waals surface area contributed by atoms with E-state index in [2.05, 4.69) is 15.9 Å². The zero-order valence-electron chi connectivity index (χ0n) is 13.8. The first kappa shape index (κ1) is 17.8. The summed E-state index contributed by atoms with van der Waals surface area (Å²) in [4.78, 5) is 26.2. The van der Waals surface area contributed by atoms with Crippen LogP contribution in [0.15, 0.2) is 65.1 Å². The number of carbonyl (C=O) groups is 2. The summed E-state index contributed by atoms with van der Waals surface area (Å²) in [5.41, 5.74) is 2.89. The molecule has 2 nitrogen and oxygen atoms in total. The fourth-order valence-corrected chi connectivity index (χ4v) is 4.05. The molecule has 0 bridgehead atoms. The third-order valence-corrected chi connectivity index (χ3v) is 5.75. The van der Waals surface area contributed by atoms with Crippen LogP contribution in [0.5, 0.6) is 0 Å². The van der Waals surface area contributed by atoms with Crippen molar-refractivity contribution in [3.05, 3.63) is 81.1 Å². The molecule has 0 radical (unpaired) electrons. The SMILES string of the molecule is CC(=O)c1sc(-c2ccccc2)cc1CC(=O)Cc1ccc(Br)cc1. The Kier molecular flexibility index (Phi) is 5.61. The number of rotatable bonds is 6. The second-order valence-corrected chi connectivity index (χ2v) is 7.87. The average Bonchev–Trinajstić information content (AvgIpc) is 3.02. The third-order valence-electron chi connectivity index (χ3n) is 3.89. The molecule has 0 atom stereocenters. The van der Waals surface area contributed by atoms with E-state index >= 15 is 0 Å². The zero-order chi connectivity index (χ0) is 17.8. The first-order valence-corrected chi connectivity index (χ1v) is 9.59. The van der Waals surface area contributed by atoms with Gasteiger partial charge in [-0.25, -0.2) is 0 Å². The fraction of sp³-hybridized carbons (Fsp3) is 0.143. The molecule has 0 N–H and O–H groups in total. The molecule has 0 fully saturated rings. The molecule has 3 aromatic rings. The minimum absolute atomic E-state index is 0.0126. The van der Waals surface area contributed by atoms with Crippen LogP contribution < -0.4 is 0 Å². The van der Waals surface area contributed by atoms with E-state index in [0.717, 1.165) is 26.0 Å². The van der Waals surface area contributed by atoms with Gasteiger partial charge in [-0.15, -0.1) is 11.3 Å². The van der Waals surface area contributed by atoms with Crippen molar-refractivity contribution in [2.24, 2.45) is 0 Å². The van der Waals surface area contributed by atoms with Gasteiger partial charge in [0.1, 0.15) is 5.78 Å². The Labute approximate surface area is 159 Å². The van der Waals surface area contributed by atoms with Gasteiger partial charge < -0.3 is 0 Å². The van der Waals surface area contributed by atoms with Crippen LogP contribution >= 0.6 is 27.3 Å². The van der Waals surface area contributed by atoms with Gasteiger partial charge in [0.15, 0.2) is 5.78 Å². The second-order valence-electron chi connectivity index (χ2n) is 5.91. The Morgan fingerprint density at radius 2 is 1.64 bits per heavy atom. The van der Waals surface area contributed by atoms with E-state index in [-0.39, 0.29) is 18.0 Å². The number of hydrogen-bond donors (Lipinski definition) is 0. The number of thiophene rings is 1. The maximum Gasteiger partial charge on any atom is 0.170 e. The van der Waals surface area contributed by atoms with Crippen LogP contribution in [0.4, 0.5) is 0 Å². The number of hydrogen-bond acceptors (Lipinski definition) is 3. The van der Waals surface area contributed by atoms with E-state index in [1.54, 1.807) is 6.92 Å². The Morgan fingerprint density at radius 1 is 0.960 bits per heavy atom. The van der Waals surface area contributed by atoms with Gasteiger partial charge in [-0.2, -0.15) is 0 Å². The van der Waals surface area contributed by atoms with Gasteiger partial charge in [-0.1, -0.05) is 58.4 Å². The summed E-state index contributed by atoms with van der Waals surface area (Å²) in [6.07, 6.45) is 0.662. The van der Waals surface area contributed by atoms with Crippen LogP contribution in [-0.2, 0) is 17.6 Å². The van der Waals surface area contributed by atoms with Crippen molar-refractivity contribution in [1.82, 2.24) is 0 Å². The van der Waals surface area contributed by atoms with Crippen LogP contribution in [0.2, 0.25) is 0 Å². The molecule has 0 aliphatic carbocycles. The highest BCUT2D eigenvalue weighted by atomic mass is 79.9. The van der Waals surface area contributed by atoms with E-state index in [0.29, 0.717) is 11.3 Å². The maximum atomic E-state index is 12.5. The quantitative estimate of drug-likeness (QED) is 0.484. The van der Waals surface area contributed by atoms with Gasteiger partial charge in [0.2, 0.25) is 0 Å². The van der Waals surface area contributed by atoms with E-state index in [4.69, 9.17) is 0 Å². The Balaban J connectivity index is 1.81. The second kappa shape index (κ2) is 7.89. The minimum atomic E-state index is 0.0126. The van der Waals surface area contributed by atoms with Crippen LogP contribution in [0.1, 0.15) is 27.7 Å². The lowest BCUT2D eigenvalue weighted by Crippen LogP contribution is -2.08. The summed E-state index contributed by atoms with van der Waals surface area (Å²) in [5, 5.41) is 0. The monoisotopic (exact) mass is 412 g/mol.